The first-order chi connectivity index (χ1) is 7.25. The van der Waals surface area contributed by atoms with Gasteiger partial charge in [-0.1, -0.05) is 58.6 Å². The number of rotatable bonds is 2. The number of aryl methyl sites for hydroxylation is 1. The lowest BCUT2D eigenvalue weighted by atomic mass is 9.84. The summed E-state index contributed by atoms with van der Waals surface area (Å²) in [5.74, 6) is 0.849. The lowest BCUT2D eigenvalue weighted by Gasteiger charge is -2.27. The van der Waals surface area contributed by atoms with E-state index in [1.165, 1.54) is 43.2 Å². The number of halogens is 1. The van der Waals surface area contributed by atoms with Crippen LogP contribution in [0.2, 0.25) is 0 Å². The van der Waals surface area contributed by atoms with Crippen molar-refractivity contribution in [2.75, 3.05) is 0 Å². The maximum atomic E-state index is 3.83. The highest BCUT2D eigenvalue weighted by Gasteiger charge is 2.22. The molecule has 1 aromatic rings. The van der Waals surface area contributed by atoms with Crippen LogP contribution in [0.3, 0.4) is 0 Å². The second-order valence-electron chi connectivity index (χ2n) is 4.75. The highest BCUT2D eigenvalue weighted by molar-refractivity contribution is 9.09. The van der Waals surface area contributed by atoms with Crippen LogP contribution in [0.4, 0.5) is 0 Å². The molecule has 0 heterocycles. The summed E-state index contributed by atoms with van der Waals surface area (Å²) in [6.07, 6.45) is 6.81. The van der Waals surface area contributed by atoms with Gasteiger partial charge in [0.1, 0.15) is 0 Å². The van der Waals surface area contributed by atoms with Crippen LogP contribution in [0.5, 0.6) is 0 Å². The number of alkyl halides is 1. The molecule has 15 heavy (non-hydrogen) atoms. The molecule has 0 aliphatic heterocycles. The maximum Gasteiger partial charge on any atom is 0.0177 e. The predicted molar refractivity (Wildman–Crippen MR) is 69.6 cm³/mol. The van der Waals surface area contributed by atoms with Crippen LogP contribution in [-0.2, 0) is 6.42 Å². The summed E-state index contributed by atoms with van der Waals surface area (Å²) in [6, 6.07) is 9.01. The molecule has 1 aromatic carbocycles. The third-order valence-electron chi connectivity index (χ3n) is 3.43. The van der Waals surface area contributed by atoms with Crippen molar-refractivity contribution in [3.63, 3.8) is 0 Å². The third-order valence-corrected chi connectivity index (χ3v) is 4.64. The van der Waals surface area contributed by atoms with Gasteiger partial charge in [0.25, 0.3) is 0 Å². The summed E-state index contributed by atoms with van der Waals surface area (Å²) in [5.41, 5.74) is 2.86. The minimum Gasteiger partial charge on any atom is -0.0888 e. The SMILES string of the molecule is Cc1ccc(CC2CCCCC2Br)cc1. The molecule has 1 heteroatoms. The summed E-state index contributed by atoms with van der Waals surface area (Å²) in [5, 5.41) is 0. The molecule has 0 N–H and O–H groups in total. The van der Waals surface area contributed by atoms with Crippen LogP contribution in [0.1, 0.15) is 36.8 Å². The first-order valence-corrected chi connectivity index (χ1v) is 6.87. The Morgan fingerprint density at radius 1 is 1.13 bits per heavy atom. The van der Waals surface area contributed by atoms with E-state index in [1.807, 2.05) is 0 Å². The van der Waals surface area contributed by atoms with Crippen molar-refractivity contribution < 1.29 is 0 Å². The van der Waals surface area contributed by atoms with Crippen LogP contribution in [0.25, 0.3) is 0 Å². The van der Waals surface area contributed by atoms with Crippen molar-refractivity contribution in [2.24, 2.45) is 5.92 Å². The van der Waals surface area contributed by atoms with Gasteiger partial charge in [0.15, 0.2) is 0 Å². The summed E-state index contributed by atoms with van der Waals surface area (Å²) in [4.78, 5) is 0.743. The molecule has 0 nitrogen and oxygen atoms in total. The average molecular weight is 267 g/mol. The lowest BCUT2D eigenvalue weighted by Crippen LogP contribution is -2.21. The molecule has 2 rings (SSSR count). The molecule has 0 bridgehead atoms. The molecule has 2 atom stereocenters. The third kappa shape index (κ3) is 3.07. The standard InChI is InChI=1S/C14H19Br/c1-11-6-8-12(9-7-11)10-13-4-2-3-5-14(13)15/h6-9,13-14H,2-5,10H2,1H3. The van der Waals surface area contributed by atoms with Crippen LogP contribution >= 0.6 is 15.9 Å². The zero-order chi connectivity index (χ0) is 10.7. The van der Waals surface area contributed by atoms with Gasteiger partial charge in [-0.2, -0.15) is 0 Å². The van der Waals surface area contributed by atoms with Gasteiger partial charge in [0.2, 0.25) is 0 Å². The fourth-order valence-corrected chi connectivity index (χ4v) is 3.19. The second kappa shape index (κ2) is 5.16. The molecule has 0 saturated heterocycles. The number of benzene rings is 1. The molecular weight excluding hydrogens is 248 g/mol. The van der Waals surface area contributed by atoms with Crippen molar-refractivity contribution in [1.82, 2.24) is 0 Å². The fourth-order valence-electron chi connectivity index (χ4n) is 2.42. The minimum absolute atomic E-state index is 0.743. The molecule has 0 aromatic heterocycles. The zero-order valence-electron chi connectivity index (χ0n) is 9.38. The summed E-state index contributed by atoms with van der Waals surface area (Å²) in [6.45, 7) is 2.15. The Balaban J connectivity index is 1.98. The van der Waals surface area contributed by atoms with E-state index in [0.717, 1.165) is 10.7 Å². The Morgan fingerprint density at radius 2 is 1.80 bits per heavy atom. The molecule has 1 aliphatic rings. The van der Waals surface area contributed by atoms with Crippen LogP contribution in [0, 0.1) is 12.8 Å². The molecule has 1 fully saturated rings. The summed E-state index contributed by atoms with van der Waals surface area (Å²) >= 11 is 3.83. The fraction of sp³-hybridized carbons (Fsp3) is 0.571. The van der Waals surface area contributed by atoms with Gasteiger partial charge in [-0.05, 0) is 37.7 Å². The first kappa shape index (κ1) is 11.2. The van der Waals surface area contributed by atoms with Crippen LogP contribution in [0.15, 0.2) is 24.3 Å². The minimum atomic E-state index is 0.743. The van der Waals surface area contributed by atoms with E-state index in [9.17, 15) is 0 Å². The van der Waals surface area contributed by atoms with Crippen molar-refractivity contribution >= 4 is 15.9 Å². The zero-order valence-corrected chi connectivity index (χ0v) is 11.0. The molecule has 82 valence electrons. The molecule has 1 aliphatic carbocycles. The van der Waals surface area contributed by atoms with E-state index >= 15 is 0 Å². The average Bonchev–Trinajstić information content (AvgIpc) is 2.25. The van der Waals surface area contributed by atoms with Gasteiger partial charge in [-0.3, -0.25) is 0 Å². The molecule has 2 unspecified atom stereocenters. The summed E-state index contributed by atoms with van der Waals surface area (Å²) < 4.78 is 0. The monoisotopic (exact) mass is 266 g/mol. The number of hydrogen-bond donors (Lipinski definition) is 0. The van der Waals surface area contributed by atoms with E-state index in [4.69, 9.17) is 0 Å². The van der Waals surface area contributed by atoms with Gasteiger partial charge < -0.3 is 0 Å². The molecule has 1 saturated carbocycles. The smallest absolute Gasteiger partial charge is 0.0177 e. The summed E-state index contributed by atoms with van der Waals surface area (Å²) in [7, 11) is 0. The van der Waals surface area contributed by atoms with Crippen molar-refractivity contribution in [1.29, 1.82) is 0 Å². The van der Waals surface area contributed by atoms with Crippen molar-refractivity contribution in [3.8, 4) is 0 Å². The molecule has 0 radical (unpaired) electrons. The Hall–Kier alpha value is -0.300. The van der Waals surface area contributed by atoms with Crippen molar-refractivity contribution in [3.05, 3.63) is 35.4 Å². The maximum absolute atomic E-state index is 3.83. The van der Waals surface area contributed by atoms with Gasteiger partial charge in [0.05, 0.1) is 0 Å². The Labute approximate surface area is 101 Å². The predicted octanol–water partition coefficient (Wildman–Crippen LogP) is 4.49. The molecule has 0 amide bonds. The highest BCUT2D eigenvalue weighted by Crippen LogP contribution is 2.32. The second-order valence-corrected chi connectivity index (χ2v) is 5.93. The van der Waals surface area contributed by atoms with E-state index in [1.54, 1.807) is 0 Å². The Morgan fingerprint density at radius 3 is 2.47 bits per heavy atom. The van der Waals surface area contributed by atoms with E-state index in [2.05, 4.69) is 47.1 Å². The largest absolute Gasteiger partial charge is 0.0888 e. The van der Waals surface area contributed by atoms with Crippen LogP contribution in [-0.4, -0.2) is 4.83 Å². The van der Waals surface area contributed by atoms with E-state index < -0.39 is 0 Å². The highest BCUT2D eigenvalue weighted by atomic mass is 79.9. The topological polar surface area (TPSA) is 0 Å². The number of hydrogen-bond acceptors (Lipinski definition) is 0. The van der Waals surface area contributed by atoms with E-state index in [-0.39, 0.29) is 0 Å². The normalized spacial score (nSPS) is 26.5. The van der Waals surface area contributed by atoms with Gasteiger partial charge >= 0.3 is 0 Å². The van der Waals surface area contributed by atoms with Gasteiger partial charge in [0, 0.05) is 4.83 Å². The molecule has 0 spiro atoms. The van der Waals surface area contributed by atoms with Gasteiger partial charge in [-0.15, -0.1) is 0 Å². The Bertz CT molecular complexity index is 302. The van der Waals surface area contributed by atoms with Gasteiger partial charge in [-0.25, -0.2) is 0 Å². The van der Waals surface area contributed by atoms with Crippen molar-refractivity contribution in [2.45, 2.75) is 43.9 Å². The lowest BCUT2D eigenvalue weighted by molar-refractivity contribution is 0.373. The van der Waals surface area contributed by atoms with Crippen LogP contribution < -0.4 is 0 Å². The van der Waals surface area contributed by atoms with E-state index in [0.29, 0.717) is 0 Å². The molecular formula is C14H19Br. The Kier molecular flexibility index (Phi) is 3.85. The first-order valence-electron chi connectivity index (χ1n) is 5.95. The quantitative estimate of drug-likeness (QED) is 0.692.